The number of hydrogen-bond acceptors (Lipinski definition) is 7. The van der Waals surface area contributed by atoms with Gasteiger partial charge in [0.05, 0.1) is 43.8 Å². The van der Waals surface area contributed by atoms with E-state index in [0.717, 1.165) is 12.7 Å². The van der Waals surface area contributed by atoms with Crippen LogP contribution in [0.2, 0.25) is 0 Å². The fraction of sp³-hybridized carbons (Fsp3) is 0.682. The number of halogens is 1. The lowest BCUT2D eigenvalue weighted by Gasteiger charge is -2.47. The van der Waals surface area contributed by atoms with Crippen LogP contribution in [0.3, 0.4) is 0 Å². The van der Waals surface area contributed by atoms with Crippen LogP contribution >= 0.6 is 0 Å². The molecule has 0 aromatic heterocycles. The second-order valence-corrected chi connectivity index (χ2v) is 10.8. The highest BCUT2D eigenvalue weighted by Crippen LogP contribution is 2.30. The number of ketones is 1. The van der Waals surface area contributed by atoms with E-state index in [1.807, 2.05) is 11.0 Å². The number of sulfonamides is 1. The van der Waals surface area contributed by atoms with E-state index >= 15 is 0 Å². The van der Waals surface area contributed by atoms with Crippen LogP contribution < -0.4 is 14.9 Å². The molecular formula is C22H32FN3O5S. The molecule has 3 aliphatic rings. The van der Waals surface area contributed by atoms with Crippen molar-refractivity contribution in [2.24, 2.45) is 5.92 Å². The summed E-state index contributed by atoms with van der Waals surface area (Å²) in [7, 11) is -3.50. The monoisotopic (exact) mass is 469 g/mol. The molecule has 0 bridgehead atoms. The molecule has 3 saturated heterocycles. The van der Waals surface area contributed by atoms with E-state index in [-0.39, 0.29) is 30.2 Å². The number of nitrogens with zero attached hydrogens (tertiary/aromatic N) is 1. The summed E-state index contributed by atoms with van der Waals surface area (Å²) < 4.78 is 52.3. The van der Waals surface area contributed by atoms with Gasteiger partial charge in [0.1, 0.15) is 11.4 Å². The Morgan fingerprint density at radius 2 is 2.00 bits per heavy atom. The fourth-order valence-electron chi connectivity index (χ4n) is 4.86. The molecule has 3 fully saturated rings. The third kappa shape index (κ3) is 5.14. The van der Waals surface area contributed by atoms with E-state index in [2.05, 4.69) is 10.0 Å². The van der Waals surface area contributed by atoms with Gasteiger partial charge in [0.2, 0.25) is 10.0 Å². The third-order valence-electron chi connectivity index (χ3n) is 6.69. The first-order valence-corrected chi connectivity index (χ1v) is 13.1. The van der Waals surface area contributed by atoms with Crippen molar-refractivity contribution in [2.45, 2.75) is 43.4 Å². The highest BCUT2D eigenvalue weighted by Gasteiger charge is 2.52. The lowest BCUT2D eigenvalue weighted by Crippen LogP contribution is -2.72. The maximum absolute atomic E-state index is 14.1. The van der Waals surface area contributed by atoms with Crippen molar-refractivity contribution < 1.29 is 27.1 Å². The SMILES string of the molecule is CS(=O)(=O)N[C@@H]1CCCN[C@]1(COC1CCN(c2ccccc2F)CC1)C(=O)C1COC1. The summed E-state index contributed by atoms with van der Waals surface area (Å²) in [5.74, 6) is -0.537. The highest BCUT2D eigenvalue weighted by molar-refractivity contribution is 7.88. The smallest absolute Gasteiger partial charge is 0.209 e. The molecule has 3 aliphatic heterocycles. The number of para-hydroxylation sites is 1. The van der Waals surface area contributed by atoms with Crippen LogP contribution in [0, 0.1) is 11.7 Å². The minimum atomic E-state index is -3.50. The minimum Gasteiger partial charge on any atom is -0.380 e. The molecule has 8 nitrogen and oxygen atoms in total. The summed E-state index contributed by atoms with van der Waals surface area (Å²) in [5, 5.41) is 3.32. The zero-order chi connectivity index (χ0) is 22.8. The Labute approximate surface area is 188 Å². The van der Waals surface area contributed by atoms with Gasteiger partial charge < -0.3 is 19.7 Å². The van der Waals surface area contributed by atoms with Crippen LogP contribution in [0.15, 0.2) is 24.3 Å². The lowest BCUT2D eigenvalue weighted by atomic mass is 9.76. The first kappa shape index (κ1) is 23.6. The Bertz CT molecular complexity index is 918. The Balaban J connectivity index is 1.44. The molecule has 0 radical (unpaired) electrons. The van der Waals surface area contributed by atoms with Gasteiger partial charge in [0.25, 0.3) is 0 Å². The van der Waals surface area contributed by atoms with Crippen LogP contribution in [-0.2, 0) is 24.3 Å². The molecule has 0 amide bonds. The van der Waals surface area contributed by atoms with E-state index in [4.69, 9.17) is 9.47 Å². The first-order valence-electron chi connectivity index (χ1n) is 11.2. The molecule has 0 spiro atoms. The maximum atomic E-state index is 14.1. The van der Waals surface area contributed by atoms with Gasteiger partial charge in [-0.05, 0) is 44.4 Å². The van der Waals surface area contributed by atoms with Gasteiger partial charge in [-0.25, -0.2) is 17.5 Å². The van der Waals surface area contributed by atoms with Crippen LogP contribution in [-0.4, -0.2) is 77.6 Å². The topological polar surface area (TPSA) is 97.0 Å². The number of anilines is 1. The number of carbonyl (C=O) groups is 1. The van der Waals surface area contributed by atoms with Gasteiger partial charge in [-0.1, -0.05) is 12.1 Å². The summed E-state index contributed by atoms with van der Waals surface area (Å²) in [5.41, 5.74) is -0.521. The van der Waals surface area contributed by atoms with Crippen LogP contribution in [0.25, 0.3) is 0 Å². The minimum absolute atomic E-state index is 0.0478. The number of carbonyl (C=O) groups excluding carboxylic acids is 1. The Morgan fingerprint density at radius 3 is 2.62 bits per heavy atom. The molecule has 0 aliphatic carbocycles. The van der Waals surface area contributed by atoms with E-state index in [9.17, 15) is 17.6 Å². The second-order valence-electron chi connectivity index (χ2n) is 9.03. The van der Waals surface area contributed by atoms with Gasteiger partial charge in [0, 0.05) is 19.1 Å². The molecule has 178 valence electrons. The molecule has 3 heterocycles. The Kier molecular flexibility index (Phi) is 7.16. The summed E-state index contributed by atoms with van der Waals surface area (Å²) in [6.07, 6.45) is 3.77. The zero-order valence-electron chi connectivity index (χ0n) is 18.4. The van der Waals surface area contributed by atoms with E-state index < -0.39 is 21.6 Å². The molecule has 10 heteroatoms. The fourth-order valence-corrected chi connectivity index (χ4v) is 5.69. The summed E-state index contributed by atoms with van der Waals surface area (Å²) in [4.78, 5) is 15.4. The van der Waals surface area contributed by atoms with Gasteiger partial charge in [-0.15, -0.1) is 0 Å². The predicted molar refractivity (Wildman–Crippen MR) is 119 cm³/mol. The standard InChI is InChI=1S/C22H32FN3O5S/c1-32(28,29)25-20-7-4-10-24-22(20,21(27)16-13-30-14-16)15-31-17-8-11-26(12-9-17)19-6-3-2-5-18(19)23/h2-3,5-6,16-17,20,24-25H,4,7-15H2,1H3/t20-,22+/m1/s1. The van der Waals surface area contributed by atoms with E-state index in [1.54, 1.807) is 12.1 Å². The predicted octanol–water partition coefficient (Wildman–Crippen LogP) is 1.07. The second kappa shape index (κ2) is 9.72. The molecular weight excluding hydrogens is 437 g/mol. The number of ether oxygens (including phenoxy) is 2. The van der Waals surface area contributed by atoms with Crippen LogP contribution in [0.1, 0.15) is 25.7 Å². The molecule has 4 rings (SSSR count). The van der Waals surface area contributed by atoms with Crippen LogP contribution in [0.4, 0.5) is 10.1 Å². The van der Waals surface area contributed by atoms with E-state index in [1.165, 1.54) is 6.07 Å². The molecule has 2 N–H and O–H groups in total. The van der Waals surface area contributed by atoms with Gasteiger partial charge in [-0.3, -0.25) is 4.79 Å². The summed E-state index contributed by atoms with van der Waals surface area (Å²) >= 11 is 0. The van der Waals surface area contributed by atoms with Crippen molar-refractivity contribution in [2.75, 3.05) is 50.6 Å². The first-order chi connectivity index (χ1) is 15.3. The number of hydrogen-bond donors (Lipinski definition) is 2. The molecule has 1 aromatic rings. The van der Waals surface area contributed by atoms with Crippen molar-refractivity contribution in [3.8, 4) is 0 Å². The van der Waals surface area contributed by atoms with Crippen LogP contribution in [0.5, 0.6) is 0 Å². The molecule has 2 atom stereocenters. The number of benzene rings is 1. The van der Waals surface area contributed by atoms with Gasteiger partial charge >= 0.3 is 0 Å². The van der Waals surface area contributed by atoms with Crippen molar-refractivity contribution in [3.05, 3.63) is 30.1 Å². The average Bonchev–Trinajstić information content (AvgIpc) is 2.72. The molecule has 0 unspecified atom stereocenters. The van der Waals surface area contributed by atoms with Gasteiger partial charge in [0.15, 0.2) is 5.78 Å². The largest absolute Gasteiger partial charge is 0.380 e. The lowest BCUT2D eigenvalue weighted by molar-refractivity contribution is -0.150. The van der Waals surface area contributed by atoms with Crippen molar-refractivity contribution in [3.63, 3.8) is 0 Å². The molecule has 0 saturated carbocycles. The number of Topliss-reactive ketones (excluding diaryl/α,β-unsaturated/α-hetero) is 1. The summed E-state index contributed by atoms with van der Waals surface area (Å²) in [6.45, 7) is 2.74. The third-order valence-corrected chi connectivity index (χ3v) is 7.40. The normalized spacial score (nSPS) is 27.8. The zero-order valence-corrected chi connectivity index (χ0v) is 19.2. The quantitative estimate of drug-likeness (QED) is 0.588. The van der Waals surface area contributed by atoms with Crippen molar-refractivity contribution in [1.82, 2.24) is 10.0 Å². The number of nitrogens with one attached hydrogen (secondary N) is 2. The summed E-state index contributed by atoms with van der Waals surface area (Å²) in [6, 6.07) is 6.16. The van der Waals surface area contributed by atoms with Crippen molar-refractivity contribution in [1.29, 1.82) is 0 Å². The molecule has 1 aromatic carbocycles. The molecule has 32 heavy (non-hydrogen) atoms. The van der Waals surface area contributed by atoms with Gasteiger partial charge in [-0.2, -0.15) is 0 Å². The highest BCUT2D eigenvalue weighted by atomic mass is 32.2. The number of piperidine rings is 2. The Hall–Kier alpha value is -1.59. The van der Waals surface area contributed by atoms with Crippen molar-refractivity contribution >= 4 is 21.5 Å². The number of rotatable bonds is 8. The average molecular weight is 470 g/mol. The Morgan fingerprint density at radius 1 is 1.28 bits per heavy atom. The maximum Gasteiger partial charge on any atom is 0.209 e. The van der Waals surface area contributed by atoms with E-state index in [0.29, 0.717) is 57.8 Å².